The third-order valence-electron chi connectivity index (χ3n) is 2.22. The Morgan fingerprint density at radius 2 is 1.81 bits per heavy atom. The molecule has 0 unspecified atom stereocenters. The summed E-state index contributed by atoms with van der Waals surface area (Å²) in [5, 5.41) is 0. The number of nitrogens with zero attached hydrogens (tertiary/aromatic N) is 2. The Balaban J connectivity index is 2.42. The summed E-state index contributed by atoms with van der Waals surface area (Å²) in [5.74, 6) is 1.93. The Labute approximate surface area is 94.1 Å². The molecule has 0 amide bonds. The first-order chi connectivity index (χ1) is 7.69. The fourth-order valence-corrected chi connectivity index (χ4v) is 1.46. The van der Waals surface area contributed by atoms with Crippen molar-refractivity contribution < 1.29 is 4.74 Å². The molecule has 1 heterocycles. The van der Waals surface area contributed by atoms with Crippen LogP contribution in [0.4, 0.5) is 5.82 Å². The zero-order valence-electron chi connectivity index (χ0n) is 9.27. The van der Waals surface area contributed by atoms with Crippen LogP contribution in [0, 0.1) is 6.92 Å². The van der Waals surface area contributed by atoms with Crippen molar-refractivity contribution in [1.82, 2.24) is 9.97 Å². The zero-order chi connectivity index (χ0) is 11.5. The van der Waals surface area contributed by atoms with Gasteiger partial charge in [0.1, 0.15) is 11.6 Å². The first-order valence-electron chi connectivity index (χ1n) is 4.94. The number of benzene rings is 1. The van der Waals surface area contributed by atoms with Gasteiger partial charge in [-0.2, -0.15) is 0 Å². The molecular formula is C12H13N3O. The zero-order valence-corrected chi connectivity index (χ0v) is 9.27. The number of hydrogen-bond acceptors (Lipinski definition) is 4. The molecule has 1 aromatic carbocycles. The van der Waals surface area contributed by atoms with E-state index in [0.29, 0.717) is 11.6 Å². The topological polar surface area (TPSA) is 61.0 Å². The Kier molecular flexibility index (Phi) is 2.72. The number of nitrogens with two attached hydrogens (primary N) is 1. The monoisotopic (exact) mass is 215 g/mol. The number of hydrogen-bond donors (Lipinski definition) is 1. The fraction of sp³-hybridized carbons (Fsp3) is 0.167. The van der Waals surface area contributed by atoms with Crippen LogP contribution in [0.1, 0.15) is 5.69 Å². The van der Waals surface area contributed by atoms with Crippen LogP contribution in [0.25, 0.3) is 11.4 Å². The van der Waals surface area contributed by atoms with Crippen LogP contribution in [-0.2, 0) is 0 Å². The fourth-order valence-electron chi connectivity index (χ4n) is 1.46. The maximum absolute atomic E-state index is 5.68. The summed E-state index contributed by atoms with van der Waals surface area (Å²) >= 11 is 0. The highest BCUT2D eigenvalue weighted by molar-refractivity contribution is 5.58. The van der Waals surface area contributed by atoms with E-state index in [2.05, 4.69) is 9.97 Å². The van der Waals surface area contributed by atoms with Crippen LogP contribution in [-0.4, -0.2) is 17.1 Å². The van der Waals surface area contributed by atoms with Crippen molar-refractivity contribution in [3.63, 3.8) is 0 Å². The molecule has 2 N–H and O–H groups in total. The van der Waals surface area contributed by atoms with E-state index in [9.17, 15) is 0 Å². The smallest absolute Gasteiger partial charge is 0.161 e. The van der Waals surface area contributed by atoms with Gasteiger partial charge >= 0.3 is 0 Å². The molecule has 1 aromatic heterocycles. The Bertz CT molecular complexity index is 474. The van der Waals surface area contributed by atoms with Crippen molar-refractivity contribution >= 4 is 5.82 Å². The lowest BCUT2D eigenvalue weighted by Gasteiger charge is -2.04. The molecule has 0 atom stereocenters. The van der Waals surface area contributed by atoms with E-state index in [0.717, 1.165) is 17.0 Å². The molecule has 16 heavy (non-hydrogen) atoms. The minimum absolute atomic E-state index is 0.485. The second-order valence-electron chi connectivity index (χ2n) is 3.49. The van der Waals surface area contributed by atoms with Gasteiger partial charge in [-0.05, 0) is 31.2 Å². The van der Waals surface area contributed by atoms with E-state index in [1.807, 2.05) is 31.2 Å². The summed E-state index contributed by atoms with van der Waals surface area (Å²) in [6, 6.07) is 9.31. The summed E-state index contributed by atoms with van der Waals surface area (Å²) < 4.78 is 5.09. The van der Waals surface area contributed by atoms with Crippen molar-refractivity contribution in [3.8, 4) is 17.1 Å². The first-order valence-corrected chi connectivity index (χ1v) is 4.94. The maximum Gasteiger partial charge on any atom is 0.161 e. The molecule has 0 bridgehead atoms. The summed E-state index contributed by atoms with van der Waals surface area (Å²) in [6.45, 7) is 1.89. The predicted molar refractivity (Wildman–Crippen MR) is 63.2 cm³/mol. The van der Waals surface area contributed by atoms with Gasteiger partial charge in [0.25, 0.3) is 0 Å². The number of nitrogen functional groups attached to an aromatic ring is 1. The van der Waals surface area contributed by atoms with Crippen LogP contribution in [0.5, 0.6) is 5.75 Å². The Hall–Kier alpha value is -2.10. The third kappa shape index (κ3) is 2.11. The average molecular weight is 215 g/mol. The highest BCUT2D eigenvalue weighted by Crippen LogP contribution is 2.20. The first kappa shape index (κ1) is 10.4. The van der Waals surface area contributed by atoms with Gasteiger partial charge < -0.3 is 10.5 Å². The molecule has 0 aliphatic rings. The third-order valence-corrected chi connectivity index (χ3v) is 2.22. The number of anilines is 1. The minimum atomic E-state index is 0.485. The van der Waals surface area contributed by atoms with E-state index in [1.54, 1.807) is 13.2 Å². The second-order valence-corrected chi connectivity index (χ2v) is 3.49. The van der Waals surface area contributed by atoms with Crippen molar-refractivity contribution in [2.24, 2.45) is 0 Å². The van der Waals surface area contributed by atoms with Crippen molar-refractivity contribution in [2.45, 2.75) is 6.92 Å². The summed E-state index contributed by atoms with van der Waals surface area (Å²) in [4.78, 5) is 8.51. The number of methoxy groups -OCH3 is 1. The van der Waals surface area contributed by atoms with Gasteiger partial charge in [0.15, 0.2) is 5.82 Å². The predicted octanol–water partition coefficient (Wildman–Crippen LogP) is 2.04. The van der Waals surface area contributed by atoms with Crippen molar-refractivity contribution in [3.05, 3.63) is 36.0 Å². The van der Waals surface area contributed by atoms with Gasteiger partial charge in [0.05, 0.1) is 7.11 Å². The van der Waals surface area contributed by atoms with E-state index in [1.165, 1.54) is 0 Å². The van der Waals surface area contributed by atoms with Crippen LogP contribution in [0.2, 0.25) is 0 Å². The largest absolute Gasteiger partial charge is 0.497 e. The molecular weight excluding hydrogens is 202 g/mol. The molecule has 4 nitrogen and oxygen atoms in total. The summed E-state index contributed by atoms with van der Waals surface area (Å²) in [5.41, 5.74) is 7.46. The van der Waals surface area contributed by atoms with Gasteiger partial charge in [-0.25, -0.2) is 9.97 Å². The average Bonchev–Trinajstić information content (AvgIpc) is 2.28. The molecule has 82 valence electrons. The molecule has 0 saturated carbocycles. The van der Waals surface area contributed by atoms with Crippen LogP contribution in [0.15, 0.2) is 30.3 Å². The Morgan fingerprint density at radius 1 is 1.12 bits per heavy atom. The normalized spacial score (nSPS) is 10.1. The van der Waals surface area contributed by atoms with E-state index in [4.69, 9.17) is 10.5 Å². The highest BCUT2D eigenvalue weighted by atomic mass is 16.5. The number of aromatic nitrogens is 2. The number of ether oxygens (including phenoxy) is 1. The summed E-state index contributed by atoms with van der Waals surface area (Å²) in [7, 11) is 1.64. The molecule has 2 aromatic rings. The van der Waals surface area contributed by atoms with Gasteiger partial charge in [0, 0.05) is 17.3 Å². The SMILES string of the molecule is COc1ccc(-c2nc(C)cc(N)n2)cc1. The lowest BCUT2D eigenvalue weighted by atomic mass is 10.2. The number of aryl methyl sites for hydroxylation is 1. The molecule has 0 aliphatic carbocycles. The quantitative estimate of drug-likeness (QED) is 0.832. The lowest BCUT2D eigenvalue weighted by Crippen LogP contribution is -1.97. The second kappa shape index (κ2) is 4.18. The van der Waals surface area contributed by atoms with Crippen LogP contribution < -0.4 is 10.5 Å². The lowest BCUT2D eigenvalue weighted by molar-refractivity contribution is 0.415. The Morgan fingerprint density at radius 3 is 2.38 bits per heavy atom. The molecule has 0 fully saturated rings. The van der Waals surface area contributed by atoms with E-state index < -0.39 is 0 Å². The molecule has 0 radical (unpaired) electrons. The molecule has 4 heteroatoms. The molecule has 0 aliphatic heterocycles. The van der Waals surface area contributed by atoms with Crippen molar-refractivity contribution in [1.29, 1.82) is 0 Å². The molecule has 0 saturated heterocycles. The maximum atomic E-state index is 5.68. The van der Waals surface area contributed by atoms with Gasteiger partial charge in [-0.3, -0.25) is 0 Å². The van der Waals surface area contributed by atoms with Crippen molar-refractivity contribution in [2.75, 3.05) is 12.8 Å². The standard InChI is InChI=1S/C12H13N3O/c1-8-7-11(13)15-12(14-8)9-3-5-10(16-2)6-4-9/h3-7H,1-2H3,(H2,13,14,15). The molecule has 0 spiro atoms. The van der Waals surface area contributed by atoms with Crippen LogP contribution in [0.3, 0.4) is 0 Å². The van der Waals surface area contributed by atoms with E-state index in [-0.39, 0.29) is 0 Å². The minimum Gasteiger partial charge on any atom is -0.497 e. The van der Waals surface area contributed by atoms with Gasteiger partial charge in [-0.15, -0.1) is 0 Å². The van der Waals surface area contributed by atoms with E-state index >= 15 is 0 Å². The number of rotatable bonds is 2. The van der Waals surface area contributed by atoms with Gasteiger partial charge in [0.2, 0.25) is 0 Å². The van der Waals surface area contributed by atoms with Crippen LogP contribution >= 0.6 is 0 Å². The molecule has 2 rings (SSSR count). The highest BCUT2D eigenvalue weighted by Gasteiger charge is 2.03. The van der Waals surface area contributed by atoms with Gasteiger partial charge in [-0.1, -0.05) is 0 Å². The summed E-state index contributed by atoms with van der Waals surface area (Å²) in [6.07, 6.45) is 0.